The number of alkyl halides is 2. The molecule has 1 saturated heterocycles. The third-order valence-corrected chi connectivity index (χ3v) is 4.03. The first kappa shape index (κ1) is 20.3. The number of hydrogen-bond donors (Lipinski definition) is 1. The molecule has 1 fully saturated rings. The van der Waals surface area contributed by atoms with Gasteiger partial charge in [-0.25, -0.2) is 0 Å². The predicted octanol–water partition coefficient (Wildman–Crippen LogP) is 1.51. The first-order chi connectivity index (χ1) is 12.4. The van der Waals surface area contributed by atoms with Crippen molar-refractivity contribution in [3.63, 3.8) is 0 Å². The number of nitrogens with zero attached hydrogens (tertiary/aromatic N) is 2. The molecule has 0 amide bonds. The van der Waals surface area contributed by atoms with E-state index in [4.69, 9.17) is 14.6 Å². The fourth-order valence-electron chi connectivity index (χ4n) is 2.92. The van der Waals surface area contributed by atoms with Crippen molar-refractivity contribution in [3.05, 3.63) is 23.8 Å². The van der Waals surface area contributed by atoms with Crippen molar-refractivity contribution >= 4 is 5.97 Å². The number of ether oxygens (including phenoxy) is 3. The summed E-state index contributed by atoms with van der Waals surface area (Å²) < 4.78 is 40.7. The highest BCUT2D eigenvalue weighted by Crippen LogP contribution is 2.28. The average molecular weight is 374 g/mol. The monoisotopic (exact) mass is 374 g/mol. The minimum absolute atomic E-state index is 0.0648. The summed E-state index contributed by atoms with van der Waals surface area (Å²) in [5.41, 5.74) is 0.630. The van der Waals surface area contributed by atoms with Crippen molar-refractivity contribution in [3.8, 4) is 11.5 Å². The average Bonchev–Trinajstić information content (AvgIpc) is 2.55. The number of likely N-dealkylation sites (N-methyl/N-ethyl adjacent to an activating group) is 1. The molecule has 0 bridgehead atoms. The maximum Gasteiger partial charge on any atom is 0.387 e. The van der Waals surface area contributed by atoms with Crippen LogP contribution >= 0.6 is 0 Å². The molecule has 7 nitrogen and oxygen atoms in total. The Hall–Kier alpha value is -1.97. The highest BCUT2D eigenvalue weighted by molar-refractivity contribution is 5.69. The summed E-state index contributed by atoms with van der Waals surface area (Å²) in [6, 6.07) is 4.85. The summed E-state index contributed by atoms with van der Waals surface area (Å²) in [6.45, 7) is -0.357. The maximum absolute atomic E-state index is 12.7. The van der Waals surface area contributed by atoms with Gasteiger partial charge in [0.1, 0.15) is 11.5 Å². The Bertz CT molecular complexity index is 603. The number of halogens is 2. The molecule has 1 aliphatic rings. The number of hydrogen-bond acceptors (Lipinski definition) is 6. The number of carboxylic acids is 1. The third-order valence-electron chi connectivity index (χ3n) is 4.03. The largest absolute Gasteiger partial charge is 0.497 e. The summed E-state index contributed by atoms with van der Waals surface area (Å²) in [5, 5.41) is 8.83. The number of rotatable bonds is 9. The van der Waals surface area contributed by atoms with Gasteiger partial charge in [-0.15, -0.1) is 0 Å². The molecular weight excluding hydrogens is 350 g/mol. The molecule has 1 aromatic rings. The van der Waals surface area contributed by atoms with Gasteiger partial charge in [0.05, 0.1) is 26.4 Å². The molecule has 1 heterocycles. The van der Waals surface area contributed by atoms with E-state index in [9.17, 15) is 13.6 Å². The van der Waals surface area contributed by atoms with Crippen LogP contribution in [-0.2, 0) is 16.1 Å². The maximum atomic E-state index is 12.7. The van der Waals surface area contributed by atoms with E-state index in [1.165, 1.54) is 13.2 Å². The van der Waals surface area contributed by atoms with Crippen LogP contribution in [0.4, 0.5) is 8.78 Å². The number of benzene rings is 1. The normalized spacial score (nSPS) is 18.3. The molecule has 1 aliphatic heterocycles. The molecule has 1 aromatic carbocycles. The van der Waals surface area contributed by atoms with E-state index in [0.29, 0.717) is 44.1 Å². The lowest BCUT2D eigenvalue weighted by molar-refractivity contribution is -0.138. The molecule has 9 heteroatoms. The topological polar surface area (TPSA) is 71.5 Å². The minimum Gasteiger partial charge on any atom is -0.497 e. The Balaban J connectivity index is 2.00. The molecule has 2 rings (SSSR count). The second kappa shape index (κ2) is 9.65. The Labute approximate surface area is 151 Å². The highest BCUT2D eigenvalue weighted by Gasteiger charge is 2.23. The molecular formula is C17H24F2N2O5. The van der Waals surface area contributed by atoms with Gasteiger partial charge in [0.25, 0.3) is 0 Å². The van der Waals surface area contributed by atoms with E-state index < -0.39 is 12.6 Å². The molecule has 1 atom stereocenters. The van der Waals surface area contributed by atoms with Crippen LogP contribution in [-0.4, -0.2) is 80.5 Å². The molecule has 0 aliphatic carbocycles. The summed E-state index contributed by atoms with van der Waals surface area (Å²) in [6.07, 6.45) is -0.147. The van der Waals surface area contributed by atoms with Crippen LogP contribution < -0.4 is 9.47 Å². The van der Waals surface area contributed by atoms with Gasteiger partial charge in [0, 0.05) is 37.8 Å². The Morgan fingerprint density at radius 1 is 1.50 bits per heavy atom. The van der Waals surface area contributed by atoms with Gasteiger partial charge in [-0.1, -0.05) is 6.07 Å². The number of carbonyl (C=O) groups is 1. The Morgan fingerprint density at radius 2 is 2.27 bits per heavy atom. The summed E-state index contributed by atoms with van der Waals surface area (Å²) in [4.78, 5) is 14.5. The Kier molecular flexibility index (Phi) is 7.55. The van der Waals surface area contributed by atoms with E-state index >= 15 is 0 Å². The second-order valence-corrected chi connectivity index (χ2v) is 6.17. The van der Waals surface area contributed by atoms with E-state index in [-0.39, 0.29) is 18.4 Å². The quantitative estimate of drug-likeness (QED) is 0.703. The molecule has 146 valence electrons. The fourth-order valence-corrected chi connectivity index (χ4v) is 2.92. The van der Waals surface area contributed by atoms with Crippen LogP contribution in [0.3, 0.4) is 0 Å². The summed E-state index contributed by atoms with van der Waals surface area (Å²) in [7, 11) is 3.18. The predicted molar refractivity (Wildman–Crippen MR) is 89.8 cm³/mol. The van der Waals surface area contributed by atoms with Gasteiger partial charge in [-0.05, 0) is 13.1 Å². The van der Waals surface area contributed by atoms with Gasteiger partial charge in [-0.3, -0.25) is 14.6 Å². The minimum atomic E-state index is -2.91. The molecule has 1 N–H and O–H groups in total. The molecule has 26 heavy (non-hydrogen) atoms. The molecule has 1 unspecified atom stereocenters. The lowest BCUT2D eigenvalue weighted by Gasteiger charge is -2.34. The second-order valence-electron chi connectivity index (χ2n) is 6.17. The van der Waals surface area contributed by atoms with Gasteiger partial charge >= 0.3 is 12.6 Å². The highest BCUT2D eigenvalue weighted by atomic mass is 19.3. The van der Waals surface area contributed by atoms with Crippen LogP contribution in [0.25, 0.3) is 0 Å². The van der Waals surface area contributed by atoms with Gasteiger partial charge in [0.15, 0.2) is 0 Å². The first-order valence-electron chi connectivity index (χ1n) is 8.23. The standard InChI is InChI=1S/C17H24F2N2O5/c1-20(11-16(22)23)9-14-10-21(5-6-25-14)8-12-3-4-13(24-2)7-15(12)26-17(18)19/h3-4,7,14,17H,5-6,8-11H2,1-2H3,(H,22,23). The number of carboxylic acid groups (broad SMARTS) is 1. The van der Waals surface area contributed by atoms with E-state index in [2.05, 4.69) is 9.64 Å². The zero-order valence-corrected chi connectivity index (χ0v) is 14.9. The van der Waals surface area contributed by atoms with Crippen molar-refractivity contribution in [1.29, 1.82) is 0 Å². The first-order valence-corrected chi connectivity index (χ1v) is 8.23. The fraction of sp³-hybridized carbons (Fsp3) is 0.588. The lowest BCUT2D eigenvalue weighted by atomic mass is 10.1. The van der Waals surface area contributed by atoms with E-state index in [1.807, 2.05) is 0 Å². The third kappa shape index (κ3) is 6.40. The van der Waals surface area contributed by atoms with Crippen molar-refractivity contribution in [2.75, 3.05) is 46.9 Å². The molecule has 0 saturated carbocycles. The van der Waals surface area contributed by atoms with Gasteiger partial charge in [-0.2, -0.15) is 8.78 Å². The smallest absolute Gasteiger partial charge is 0.387 e. The SMILES string of the molecule is COc1ccc(CN2CCOC(CN(C)CC(=O)O)C2)c(OC(F)F)c1. The van der Waals surface area contributed by atoms with Crippen molar-refractivity contribution in [2.45, 2.75) is 19.3 Å². The van der Waals surface area contributed by atoms with E-state index in [1.54, 1.807) is 24.1 Å². The molecule has 0 spiro atoms. The summed E-state index contributed by atoms with van der Waals surface area (Å²) >= 11 is 0. The van der Waals surface area contributed by atoms with Crippen LogP contribution in [0, 0.1) is 0 Å². The van der Waals surface area contributed by atoms with Crippen LogP contribution in [0.2, 0.25) is 0 Å². The number of methoxy groups -OCH3 is 1. The van der Waals surface area contributed by atoms with Crippen molar-refractivity contribution in [1.82, 2.24) is 9.80 Å². The van der Waals surface area contributed by atoms with Crippen LogP contribution in [0.1, 0.15) is 5.56 Å². The number of morpholine rings is 1. The van der Waals surface area contributed by atoms with Crippen LogP contribution in [0.5, 0.6) is 11.5 Å². The summed E-state index contributed by atoms with van der Waals surface area (Å²) in [5.74, 6) is -0.364. The zero-order valence-electron chi connectivity index (χ0n) is 14.9. The zero-order chi connectivity index (χ0) is 19.1. The van der Waals surface area contributed by atoms with Crippen molar-refractivity contribution < 1.29 is 32.9 Å². The lowest BCUT2D eigenvalue weighted by Crippen LogP contribution is -2.47. The Morgan fingerprint density at radius 3 is 2.92 bits per heavy atom. The van der Waals surface area contributed by atoms with Crippen LogP contribution in [0.15, 0.2) is 18.2 Å². The van der Waals surface area contributed by atoms with Crippen molar-refractivity contribution in [2.24, 2.45) is 0 Å². The molecule has 0 radical (unpaired) electrons. The molecule has 0 aromatic heterocycles. The van der Waals surface area contributed by atoms with Gasteiger partial charge < -0.3 is 19.3 Å². The van der Waals surface area contributed by atoms with Gasteiger partial charge in [0.2, 0.25) is 0 Å². The van der Waals surface area contributed by atoms with E-state index in [0.717, 1.165) is 0 Å². The number of aliphatic carboxylic acids is 1.